The van der Waals surface area contributed by atoms with Crippen LogP contribution < -0.4 is 20.7 Å². The van der Waals surface area contributed by atoms with Gasteiger partial charge in [-0.25, -0.2) is 15.0 Å². The highest BCUT2D eigenvalue weighted by atomic mass is 28.3. The normalized spacial score (nSPS) is 12.5. The van der Waals surface area contributed by atoms with Crippen molar-refractivity contribution in [2.24, 2.45) is 0 Å². The zero-order valence-electron chi connectivity index (χ0n) is 37.0. The zero-order chi connectivity index (χ0) is 45.0. The topological polar surface area (TPSA) is 43.6 Å². The van der Waals surface area contributed by atoms with Crippen molar-refractivity contribution < 1.29 is 0 Å². The lowest BCUT2D eigenvalue weighted by atomic mass is 10.0. The third-order valence-corrected chi connectivity index (χ3v) is 18.6. The molecule has 0 radical (unpaired) electrons. The van der Waals surface area contributed by atoms with Crippen LogP contribution in [0.5, 0.6) is 0 Å². The van der Waals surface area contributed by atoms with E-state index in [0.29, 0.717) is 17.5 Å². The molecule has 0 amide bonds. The summed E-state index contributed by atoms with van der Waals surface area (Å²) in [6.45, 7) is 0. The van der Waals surface area contributed by atoms with Crippen molar-refractivity contribution in [3.05, 3.63) is 255 Å². The van der Waals surface area contributed by atoms with E-state index >= 15 is 0 Å². The molecule has 0 saturated carbocycles. The van der Waals surface area contributed by atoms with Gasteiger partial charge in [-0.2, -0.15) is 0 Å². The molecule has 0 aliphatic carbocycles. The largest absolute Gasteiger partial charge is 0.309 e. The summed E-state index contributed by atoms with van der Waals surface area (Å²) in [7, 11) is -2.94. The minimum absolute atomic E-state index is 0.646. The summed E-state index contributed by atoms with van der Waals surface area (Å²) >= 11 is 0. The smallest absolute Gasteiger partial charge is 0.180 e. The number of hydrogen-bond donors (Lipinski definition) is 0. The van der Waals surface area contributed by atoms with Crippen LogP contribution in [0.25, 0.3) is 95.0 Å². The van der Waals surface area contributed by atoms with Gasteiger partial charge in [0.05, 0.1) is 11.0 Å². The Labute approximate surface area is 396 Å². The quantitative estimate of drug-likeness (QED) is 0.143. The first-order chi connectivity index (χ1) is 33.7. The summed E-state index contributed by atoms with van der Waals surface area (Å²) in [6.07, 6.45) is 0. The molecule has 68 heavy (non-hydrogen) atoms. The number of benzene rings is 10. The van der Waals surface area contributed by atoms with Crippen molar-refractivity contribution in [2.75, 3.05) is 0 Å². The second-order valence-electron chi connectivity index (χ2n) is 17.5. The molecule has 5 heteroatoms. The predicted molar refractivity (Wildman–Crippen MR) is 284 cm³/mol. The van der Waals surface area contributed by atoms with Crippen LogP contribution in [0.15, 0.2) is 255 Å². The monoisotopic (exact) mass is 882 g/mol. The average Bonchev–Trinajstić information content (AvgIpc) is 3.92. The standard InChI is InChI=1S/C63H42N4Si/c1-5-17-43(18-6-1)45-29-34-50(35-30-45)67-57-39-33-49(44-19-7-2-8-20-44)41-55(57)56-42-52(38-40-58(56)67)68(59-27-15-13-25-53(59)54-26-14-16-28-60(54)68)51-36-31-48(32-37-51)63-65-61(46-21-9-3-10-22-46)64-62(66-63)47-23-11-4-12-24-47/h1-42H. The molecule has 1 aliphatic rings. The van der Waals surface area contributed by atoms with Crippen molar-refractivity contribution >= 4 is 50.6 Å². The Balaban J connectivity index is 1.02. The van der Waals surface area contributed by atoms with E-state index < -0.39 is 8.07 Å². The molecular formula is C63H42N4Si. The van der Waals surface area contributed by atoms with Gasteiger partial charge in [-0.3, -0.25) is 0 Å². The van der Waals surface area contributed by atoms with E-state index in [1.54, 1.807) is 0 Å². The van der Waals surface area contributed by atoms with Gasteiger partial charge in [0.15, 0.2) is 25.5 Å². The minimum Gasteiger partial charge on any atom is -0.309 e. The second kappa shape index (κ2) is 16.3. The summed E-state index contributed by atoms with van der Waals surface area (Å²) in [6, 6.07) is 92.4. The van der Waals surface area contributed by atoms with Crippen LogP contribution >= 0.6 is 0 Å². The maximum Gasteiger partial charge on any atom is 0.180 e. The molecule has 0 bridgehead atoms. The van der Waals surface area contributed by atoms with Crippen LogP contribution in [0.1, 0.15) is 0 Å². The summed E-state index contributed by atoms with van der Waals surface area (Å²) < 4.78 is 2.44. The van der Waals surface area contributed by atoms with Crippen LogP contribution in [0.4, 0.5) is 0 Å². The molecule has 12 aromatic rings. The molecule has 0 unspecified atom stereocenters. The van der Waals surface area contributed by atoms with Gasteiger partial charge in [0, 0.05) is 33.2 Å². The molecule has 318 valence electrons. The Morgan fingerprint density at radius 3 is 1.18 bits per heavy atom. The number of nitrogens with zero attached hydrogens (tertiary/aromatic N) is 4. The van der Waals surface area contributed by atoms with E-state index in [1.807, 2.05) is 36.4 Å². The molecule has 0 N–H and O–H groups in total. The van der Waals surface area contributed by atoms with E-state index in [9.17, 15) is 0 Å². The highest BCUT2D eigenvalue weighted by Gasteiger charge is 2.48. The number of hydrogen-bond acceptors (Lipinski definition) is 3. The van der Waals surface area contributed by atoms with E-state index in [4.69, 9.17) is 15.0 Å². The fraction of sp³-hybridized carbons (Fsp3) is 0. The molecule has 13 rings (SSSR count). The van der Waals surface area contributed by atoms with Crippen molar-refractivity contribution in [3.63, 3.8) is 0 Å². The first-order valence-corrected chi connectivity index (χ1v) is 25.2. The third kappa shape index (κ3) is 6.47. The fourth-order valence-electron chi connectivity index (χ4n) is 10.6. The van der Waals surface area contributed by atoms with Gasteiger partial charge in [-0.05, 0) is 84.5 Å². The van der Waals surface area contributed by atoms with Crippen molar-refractivity contribution in [3.8, 4) is 73.2 Å². The van der Waals surface area contributed by atoms with Gasteiger partial charge in [-0.15, -0.1) is 0 Å². The van der Waals surface area contributed by atoms with E-state index in [1.165, 1.54) is 75.9 Å². The van der Waals surface area contributed by atoms with Crippen molar-refractivity contribution in [2.45, 2.75) is 0 Å². The van der Waals surface area contributed by atoms with Crippen LogP contribution in [-0.4, -0.2) is 27.6 Å². The Kier molecular flexibility index (Phi) is 9.48. The third-order valence-electron chi connectivity index (χ3n) is 13.8. The first kappa shape index (κ1) is 39.6. The number of fused-ring (bicyclic) bond motifs is 6. The molecule has 3 heterocycles. The van der Waals surface area contributed by atoms with Gasteiger partial charge < -0.3 is 4.57 Å². The van der Waals surface area contributed by atoms with Gasteiger partial charge in [-0.1, -0.05) is 224 Å². The molecule has 10 aromatic carbocycles. The first-order valence-electron chi connectivity index (χ1n) is 23.2. The molecular weight excluding hydrogens is 841 g/mol. The van der Waals surface area contributed by atoms with E-state index in [-0.39, 0.29) is 0 Å². The summed E-state index contributed by atoms with van der Waals surface area (Å²) in [5.74, 6) is 1.95. The molecule has 2 aromatic heterocycles. The zero-order valence-corrected chi connectivity index (χ0v) is 38.0. The molecule has 0 atom stereocenters. The van der Waals surface area contributed by atoms with Gasteiger partial charge in [0.2, 0.25) is 0 Å². The molecule has 0 fully saturated rings. The van der Waals surface area contributed by atoms with E-state index in [0.717, 1.165) is 22.4 Å². The SMILES string of the molecule is c1ccc(-c2ccc(-n3c4ccc(-c5ccccc5)cc4c4cc([Si]5(c6ccc(-c7nc(-c8ccccc8)nc(-c8ccccc8)n7)cc6)c6ccccc6-c6ccccc65)ccc43)cc2)cc1. The highest BCUT2D eigenvalue weighted by Crippen LogP contribution is 2.37. The summed E-state index contributed by atoms with van der Waals surface area (Å²) in [4.78, 5) is 15.2. The van der Waals surface area contributed by atoms with Crippen LogP contribution in [0.2, 0.25) is 0 Å². The Morgan fingerprint density at radius 2 is 0.647 bits per heavy atom. The maximum absolute atomic E-state index is 5.10. The highest BCUT2D eigenvalue weighted by molar-refractivity contribution is 7.22. The Hall–Kier alpha value is -8.77. The lowest BCUT2D eigenvalue weighted by Crippen LogP contribution is -2.72. The summed E-state index contributed by atoms with van der Waals surface area (Å²) in [5, 5.41) is 7.92. The lowest BCUT2D eigenvalue weighted by molar-refractivity contribution is 1.07. The maximum atomic E-state index is 5.10. The lowest BCUT2D eigenvalue weighted by Gasteiger charge is -2.31. The van der Waals surface area contributed by atoms with Gasteiger partial charge in [0.1, 0.15) is 0 Å². The Morgan fingerprint density at radius 1 is 0.279 bits per heavy atom. The molecule has 4 nitrogen and oxygen atoms in total. The molecule has 0 saturated heterocycles. The molecule has 1 aliphatic heterocycles. The Bertz CT molecular complexity index is 3710. The van der Waals surface area contributed by atoms with Crippen LogP contribution in [0, 0.1) is 0 Å². The average molecular weight is 883 g/mol. The molecule has 0 spiro atoms. The minimum atomic E-state index is -2.94. The fourth-order valence-corrected chi connectivity index (χ4v) is 15.8. The predicted octanol–water partition coefficient (Wildman–Crippen LogP) is 12.7. The van der Waals surface area contributed by atoms with Crippen molar-refractivity contribution in [1.82, 2.24) is 19.5 Å². The number of rotatable bonds is 8. The summed E-state index contributed by atoms with van der Waals surface area (Å²) in [5.41, 5.74) is 13.8. The van der Waals surface area contributed by atoms with Gasteiger partial charge in [0.25, 0.3) is 0 Å². The number of aromatic nitrogens is 4. The van der Waals surface area contributed by atoms with Crippen LogP contribution in [-0.2, 0) is 0 Å². The van der Waals surface area contributed by atoms with E-state index in [2.05, 4.69) is 223 Å². The second-order valence-corrected chi connectivity index (χ2v) is 21.3. The van der Waals surface area contributed by atoms with Crippen molar-refractivity contribution in [1.29, 1.82) is 0 Å². The van der Waals surface area contributed by atoms with Crippen LogP contribution in [0.3, 0.4) is 0 Å². The van der Waals surface area contributed by atoms with Gasteiger partial charge >= 0.3 is 0 Å².